The third-order valence-electron chi connectivity index (χ3n) is 6.83. The summed E-state index contributed by atoms with van der Waals surface area (Å²) in [6.45, 7) is 4.71. The first-order chi connectivity index (χ1) is 16.9. The number of rotatable bonds is 3. The van der Waals surface area contributed by atoms with Crippen LogP contribution < -0.4 is 20.3 Å². The molecule has 0 radical (unpaired) electrons. The Bertz CT molecular complexity index is 1200. The van der Waals surface area contributed by atoms with Crippen LogP contribution in [0, 0.1) is 12.8 Å². The highest BCUT2D eigenvalue weighted by atomic mass is 32.2. The van der Waals surface area contributed by atoms with Crippen molar-refractivity contribution >= 4 is 39.1 Å². The lowest BCUT2D eigenvalue weighted by Gasteiger charge is -2.36. The number of benzene rings is 1. The molecule has 35 heavy (non-hydrogen) atoms. The van der Waals surface area contributed by atoms with E-state index in [1.165, 1.54) is 0 Å². The van der Waals surface area contributed by atoms with Crippen molar-refractivity contribution in [2.75, 3.05) is 53.1 Å². The summed E-state index contributed by atoms with van der Waals surface area (Å²) >= 11 is 0. The van der Waals surface area contributed by atoms with Crippen molar-refractivity contribution in [2.45, 2.75) is 44.3 Å². The topological polar surface area (TPSA) is 126 Å². The minimum atomic E-state index is -3.55. The summed E-state index contributed by atoms with van der Waals surface area (Å²) < 4.78 is 33.1. The molecule has 3 aliphatic rings. The summed E-state index contributed by atoms with van der Waals surface area (Å²) in [5.41, 5.74) is 2.43. The second-order valence-corrected chi connectivity index (χ2v) is 11.5. The molecule has 5 rings (SSSR count). The van der Waals surface area contributed by atoms with E-state index in [0.717, 1.165) is 63.1 Å². The van der Waals surface area contributed by atoms with Gasteiger partial charge in [0, 0.05) is 31.4 Å². The molecule has 1 aromatic heterocycles. The molecule has 2 aromatic rings. The number of nitrogens with one attached hydrogen (secondary N) is 3. The lowest BCUT2D eigenvalue weighted by molar-refractivity contribution is 0.0418. The minimum Gasteiger partial charge on any atom is -0.378 e. The van der Waals surface area contributed by atoms with Crippen molar-refractivity contribution in [3.05, 3.63) is 35.5 Å². The number of aryl methyl sites for hydroxylation is 1. The van der Waals surface area contributed by atoms with Gasteiger partial charge in [0.25, 0.3) is 5.91 Å². The van der Waals surface area contributed by atoms with E-state index >= 15 is 0 Å². The maximum absolute atomic E-state index is 13.4. The first-order valence-corrected chi connectivity index (χ1v) is 13.8. The zero-order chi connectivity index (χ0) is 24.4. The van der Waals surface area contributed by atoms with Gasteiger partial charge in [0.2, 0.25) is 16.0 Å². The van der Waals surface area contributed by atoms with E-state index in [2.05, 4.69) is 30.2 Å². The van der Waals surface area contributed by atoms with Gasteiger partial charge in [-0.25, -0.2) is 13.4 Å². The fraction of sp³-hybridized carbons (Fsp3) is 0.542. The number of hydrogen-bond donors (Lipinski definition) is 3. The van der Waals surface area contributed by atoms with Crippen LogP contribution in [-0.2, 0) is 14.8 Å². The Morgan fingerprint density at radius 1 is 1.11 bits per heavy atom. The lowest BCUT2D eigenvalue weighted by Crippen LogP contribution is -2.43. The Labute approximate surface area is 205 Å². The molecule has 1 unspecified atom stereocenters. The van der Waals surface area contributed by atoms with E-state index in [4.69, 9.17) is 4.74 Å². The number of aromatic nitrogens is 2. The van der Waals surface area contributed by atoms with Crippen LogP contribution in [0.5, 0.6) is 0 Å². The smallest absolute Gasteiger partial charge is 0.258 e. The molecular weight excluding hydrogens is 468 g/mol. The molecule has 1 atom stereocenters. The molecule has 11 heteroatoms. The first-order valence-electron chi connectivity index (χ1n) is 12.3. The molecule has 4 heterocycles. The van der Waals surface area contributed by atoms with Crippen LogP contribution in [0.25, 0.3) is 0 Å². The van der Waals surface area contributed by atoms with Crippen LogP contribution in [0.4, 0.5) is 23.1 Å². The van der Waals surface area contributed by atoms with Crippen molar-refractivity contribution < 1.29 is 17.9 Å². The van der Waals surface area contributed by atoms with Crippen LogP contribution in [-0.4, -0.2) is 62.4 Å². The SMILES string of the molecule is Cc1cc2nc(n1)NCCCCC1CCCN(C1)c1cc(NS(=O)(=O)C3COC3)ccc1C(=O)N2. The van der Waals surface area contributed by atoms with E-state index in [1.54, 1.807) is 24.3 Å². The van der Waals surface area contributed by atoms with Crippen molar-refractivity contribution in [1.29, 1.82) is 0 Å². The maximum Gasteiger partial charge on any atom is 0.258 e. The fourth-order valence-electron chi connectivity index (χ4n) is 4.86. The number of fused-ring (bicyclic) bond motifs is 6. The molecular formula is C24H32N6O4S. The van der Waals surface area contributed by atoms with Gasteiger partial charge in [-0.05, 0) is 56.7 Å². The number of sulfonamides is 1. The van der Waals surface area contributed by atoms with Gasteiger partial charge in [-0.1, -0.05) is 6.42 Å². The Morgan fingerprint density at radius 2 is 1.94 bits per heavy atom. The zero-order valence-corrected chi connectivity index (χ0v) is 20.7. The quantitative estimate of drug-likeness (QED) is 0.587. The predicted molar refractivity (Wildman–Crippen MR) is 136 cm³/mol. The van der Waals surface area contributed by atoms with E-state index in [1.807, 2.05) is 6.92 Å². The minimum absolute atomic E-state index is 0.200. The van der Waals surface area contributed by atoms with Crippen molar-refractivity contribution in [3.63, 3.8) is 0 Å². The van der Waals surface area contributed by atoms with Crippen molar-refractivity contribution in [3.8, 4) is 0 Å². The number of carbonyl (C=O) groups is 1. The van der Waals surface area contributed by atoms with Gasteiger partial charge in [0.15, 0.2) is 0 Å². The number of carbonyl (C=O) groups excluding carboxylic acids is 1. The molecule has 0 aliphatic carbocycles. The Morgan fingerprint density at radius 3 is 2.74 bits per heavy atom. The predicted octanol–water partition coefficient (Wildman–Crippen LogP) is 2.99. The number of anilines is 4. The van der Waals surface area contributed by atoms with Crippen LogP contribution in [0.1, 0.15) is 48.2 Å². The fourth-order valence-corrected chi connectivity index (χ4v) is 6.04. The average molecular weight is 501 g/mol. The molecule has 188 valence electrons. The normalized spacial score (nSPS) is 21.5. The van der Waals surface area contributed by atoms with Gasteiger partial charge in [0.05, 0.1) is 30.2 Å². The van der Waals surface area contributed by atoms with Crippen LogP contribution in [0.15, 0.2) is 24.3 Å². The van der Waals surface area contributed by atoms with Crippen LogP contribution in [0.3, 0.4) is 0 Å². The van der Waals surface area contributed by atoms with E-state index in [9.17, 15) is 13.2 Å². The maximum atomic E-state index is 13.4. The summed E-state index contributed by atoms with van der Waals surface area (Å²) in [5, 5.41) is 5.64. The van der Waals surface area contributed by atoms with Crippen molar-refractivity contribution in [2.24, 2.45) is 5.92 Å². The van der Waals surface area contributed by atoms with Crippen LogP contribution >= 0.6 is 0 Å². The van der Waals surface area contributed by atoms with E-state index in [-0.39, 0.29) is 19.1 Å². The van der Waals surface area contributed by atoms with Gasteiger partial charge in [0.1, 0.15) is 11.1 Å². The van der Waals surface area contributed by atoms with E-state index < -0.39 is 15.3 Å². The second kappa shape index (κ2) is 9.98. The lowest BCUT2D eigenvalue weighted by atomic mass is 9.92. The van der Waals surface area contributed by atoms with Crippen molar-refractivity contribution in [1.82, 2.24) is 9.97 Å². The average Bonchev–Trinajstić information content (AvgIpc) is 2.76. The molecule has 0 saturated carbocycles. The molecule has 1 amide bonds. The largest absolute Gasteiger partial charge is 0.378 e. The zero-order valence-electron chi connectivity index (χ0n) is 19.9. The van der Waals surface area contributed by atoms with Gasteiger partial charge >= 0.3 is 0 Å². The number of piperidine rings is 1. The Hall–Kier alpha value is -2.92. The summed E-state index contributed by atoms with van der Waals surface area (Å²) in [5.74, 6) is 1.17. The highest BCUT2D eigenvalue weighted by Gasteiger charge is 2.33. The first kappa shape index (κ1) is 23.8. The molecule has 3 aliphatic heterocycles. The summed E-state index contributed by atoms with van der Waals surface area (Å²) in [6, 6.07) is 6.85. The summed E-state index contributed by atoms with van der Waals surface area (Å²) in [6.07, 6.45) is 5.40. The second-order valence-electron chi connectivity index (χ2n) is 9.59. The van der Waals surface area contributed by atoms with Gasteiger partial charge < -0.3 is 20.3 Å². The highest BCUT2D eigenvalue weighted by Crippen LogP contribution is 2.32. The molecule has 10 nitrogen and oxygen atoms in total. The number of ether oxygens (including phenoxy) is 1. The number of hydrogen-bond acceptors (Lipinski definition) is 8. The molecule has 1 aromatic carbocycles. The Kier molecular flexibility index (Phi) is 6.79. The molecule has 2 saturated heterocycles. The standard InChI is InChI=1S/C24H32N6O4S/c1-16-11-22-27-23(31)20-8-7-18(29-35(32,33)19-14-34-15-19)12-21(20)30-10-4-6-17(13-30)5-2-3-9-25-24(26-16)28-22/h7-8,11-12,17,19,29H,2-6,9-10,13-15H2,1H3,(H2,25,26,27,28,31). The molecule has 4 bridgehead atoms. The summed E-state index contributed by atoms with van der Waals surface area (Å²) in [4.78, 5) is 24.5. The van der Waals surface area contributed by atoms with Crippen LogP contribution in [0.2, 0.25) is 0 Å². The number of nitrogens with zero attached hydrogens (tertiary/aromatic N) is 3. The monoisotopic (exact) mass is 500 g/mol. The molecule has 0 spiro atoms. The van der Waals surface area contributed by atoms with Gasteiger partial charge in [-0.3, -0.25) is 9.52 Å². The van der Waals surface area contributed by atoms with Gasteiger partial charge in [-0.2, -0.15) is 4.98 Å². The molecule has 2 fully saturated rings. The Balaban J connectivity index is 1.50. The van der Waals surface area contributed by atoms with E-state index in [0.29, 0.717) is 28.9 Å². The highest BCUT2D eigenvalue weighted by molar-refractivity contribution is 7.93. The van der Waals surface area contributed by atoms with Gasteiger partial charge in [-0.15, -0.1) is 0 Å². The number of amides is 1. The third kappa shape index (κ3) is 5.51. The summed E-state index contributed by atoms with van der Waals surface area (Å²) in [7, 11) is -3.55. The molecule has 3 N–H and O–H groups in total. The third-order valence-corrected chi connectivity index (χ3v) is 8.50.